The number of benzene rings is 1. The number of rotatable bonds is 3. The van der Waals surface area contributed by atoms with Gasteiger partial charge in [-0.3, -0.25) is 24.1 Å². The molecule has 1 aromatic carbocycles. The van der Waals surface area contributed by atoms with Gasteiger partial charge in [0.25, 0.3) is 11.8 Å². The highest BCUT2D eigenvalue weighted by atomic mass is 16.5. The number of carbonyl (C=O) groups excluding carboxylic acids is 4. The second-order valence-electron chi connectivity index (χ2n) is 10.3. The summed E-state index contributed by atoms with van der Waals surface area (Å²) >= 11 is 0. The maximum absolute atomic E-state index is 14.0. The molecule has 1 aliphatic heterocycles. The minimum atomic E-state index is -2.65. The molecule has 0 radical (unpaired) electrons. The van der Waals surface area contributed by atoms with Gasteiger partial charge in [-0.2, -0.15) is 0 Å². The molecule has 12 nitrogen and oxygen atoms in total. The third kappa shape index (κ3) is 3.22. The molecule has 0 aromatic heterocycles. The highest BCUT2D eigenvalue weighted by Crippen LogP contribution is 2.54. The number of amides is 2. The number of allylic oxidation sites excluding steroid dienone is 1. The summed E-state index contributed by atoms with van der Waals surface area (Å²) in [7, 11) is 6.76. The van der Waals surface area contributed by atoms with Crippen LogP contribution in [-0.4, -0.2) is 90.0 Å². The summed E-state index contributed by atoms with van der Waals surface area (Å²) in [5, 5.41) is 36.7. The Balaban J connectivity index is 1.75. The van der Waals surface area contributed by atoms with Crippen LogP contribution >= 0.6 is 0 Å². The van der Waals surface area contributed by atoms with Crippen LogP contribution in [0.2, 0.25) is 0 Å². The Labute approximate surface area is 212 Å². The van der Waals surface area contributed by atoms with Crippen LogP contribution < -0.4 is 20.7 Å². The fourth-order valence-electron chi connectivity index (χ4n) is 6.25. The summed E-state index contributed by atoms with van der Waals surface area (Å²) < 4.78 is 5.62. The minimum Gasteiger partial charge on any atom is -0.510 e. The van der Waals surface area contributed by atoms with Gasteiger partial charge in [-0.1, -0.05) is 0 Å². The molecule has 0 fully saturated rings. The van der Waals surface area contributed by atoms with E-state index < -0.39 is 58.0 Å². The summed E-state index contributed by atoms with van der Waals surface area (Å²) in [6.07, 6.45) is 0.306. The number of hydrogen-bond acceptors (Lipinski definition) is 10. The van der Waals surface area contributed by atoms with Crippen LogP contribution in [0.4, 0.5) is 11.4 Å². The Morgan fingerprint density at radius 3 is 2.46 bits per heavy atom. The molecule has 196 valence electrons. The van der Waals surface area contributed by atoms with E-state index in [4.69, 9.17) is 10.5 Å². The van der Waals surface area contributed by atoms with Gasteiger partial charge in [0.1, 0.15) is 17.1 Å². The SMILES string of the molecule is CN(C)c1cc2c(c3c1C[C@H]1C[C@H]4[C@H](N(C)C)C(O)=C(C(N)=O)C(=O)[C@@]4(O)C(O)=C1C3=O)OCC(=O)N2. The van der Waals surface area contributed by atoms with Gasteiger partial charge in [-0.25, -0.2) is 0 Å². The second-order valence-corrected chi connectivity index (χ2v) is 10.3. The number of carbonyl (C=O) groups is 4. The van der Waals surface area contributed by atoms with Crippen molar-refractivity contribution in [2.45, 2.75) is 24.5 Å². The fraction of sp³-hybridized carbons (Fsp3) is 0.440. The van der Waals surface area contributed by atoms with E-state index in [1.165, 1.54) is 4.90 Å². The number of fused-ring (bicyclic) bond motifs is 5. The van der Waals surface area contributed by atoms with E-state index in [1.54, 1.807) is 39.2 Å². The number of Topliss-reactive ketones (excluding diaryl/α,β-unsaturated/α-hetero) is 2. The first-order chi connectivity index (χ1) is 17.3. The van der Waals surface area contributed by atoms with Crippen molar-refractivity contribution in [2.24, 2.45) is 17.6 Å². The zero-order valence-electron chi connectivity index (χ0n) is 20.8. The van der Waals surface area contributed by atoms with Crippen LogP contribution in [0.5, 0.6) is 5.75 Å². The van der Waals surface area contributed by atoms with Gasteiger partial charge in [0, 0.05) is 31.3 Å². The Morgan fingerprint density at radius 1 is 1.19 bits per heavy atom. The maximum Gasteiger partial charge on any atom is 0.262 e. The van der Waals surface area contributed by atoms with E-state index in [0.29, 0.717) is 16.9 Å². The average molecular weight is 513 g/mol. The average Bonchev–Trinajstić information content (AvgIpc) is 2.80. The van der Waals surface area contributed by atoms with E-state index in [9.17, 15) is 34.5 Å². The van der Waals surface area contributed by atoms with Crippen molar-refractivity contribution < 1.29 is 39.2 Å². The van der Waals surface area contributed by atoms with E-state index in [2.05, 4.69) is 5.32 Å². The highest BCUT2D eigenvalue weighted by Gasteiger charge is 2.63. The minimum absolute atomic E-state index is 0.0489. The summed E-state index contributed by atoms with van der Waals surface area (Å²) in [5.74, 6) is -6.53. The van der Waals surface area contributed by atoms with Gasteiger partial charge in [0.05, 0.1) is 17.3 Å². The Kier molecular flexibility index (Phi) is 5.39. The first-order valence-electron chi connectivity index (χ1n) is 11.7. The van der Waals surface area contributed by atoms with Crippen LogP contribution in [0, 0.1) is 11.8 Å². The van der Waals surface area contributed by atoms with Crippen LogP contribution in [0.1, 0.15) is 22.3 Å². The van der Waals surface area contributed by atoms with Crippen molar-refractivity contribution in [1.82, 2.24) is 4.90 Å². The molecule has 1 aromatic rings. The predicted octanol–water partition coefficient (Wildman–Crippen LogP) is -0.188. The van der Waals surface area contributed by atoms with Gasteiger partial charge in [0.2, 0.25) is 5.78 Å². The third-order valence-corrected chi connectivity index (χ3v) is 7.78. The molecule has 6 N–H and O–H groups in total. The van der Waals surface area contributed by atoms with Gasteiger partial charge in [-0.05, 0) is 44.5 Å². The lowest BCUT2D eigenvalue weighted by atomic mass is 9.58. The number of aliphatic hydroxyl groups is 3. The maximum atomic E-state index is 14.0. The summed E-state index contributed by atoms with van der Waals surface area (Å²) in [4.78, 5) is 54.7. The van der Waals surface area contributed by atoms with E-state index >= 15 is 0 Å². The molecule has 3 aliphatic carbocycles. The number of ketones is 2. The Morgan fingerprint density at radius 2 is 1.86 bits per heavy atom. The zero-order chi connectivity index (χ0) is 27.1. The Hall–Kier alpha value is -3.90. The van der Waals surface area contributed by atoms with Crippen LogP contribution in [-0.2, 0) is 20.8 Å². The molecule has 0 saturated carbocycles. The first kappa shape index (κ1) is 24.8. The number of anilines is 2. The van der Waals surface area contributed by atoms with Crippen LogP contribution in [0.25, 0.3) is 0 Å². The quantitative estimate of drug-likeness (QED) is 0.340. The van der Waals surface area contributed by atoms with Crippen molar-refractivity contribution in [3.63, 3.8) is 0 Å². The van der Waals surface area contributed by atoms with Crippen molar-refractivity contribution in [1.29, 1.82) is 0 Å². The number of likely N-dealkylation sites (N-methyl/N-ethyl adjacent to an activating group) is 1. The van der Waals surface area contributed by atoms with Gasteiger partial charge in [-0.15, -0.1) is 0 Å². The van der Waals surface area contributed by atoms with Crippen LogP contribution in [0.15, 0.2) is 28.7 Å². The van der Waals surface area contributed by atoms with Gasteiger partial charge in [0.15, 0.2) is 23.7 Å². The van der Waals surface area contributed by atoms with Crippen molar-refractivity contribution >= 4 is 34.8 Å². The molecule has 12 heteroatoms. The molecule has 1 heterocycles. The predicted molar refractivity (Wildman–Crippen MR) is 130 cm³/mol. The highest BCUT2D eigenvalue weighted by molar-refractivity contribution is 6.25. The van der Waals surface area contributed by atoms with Crippen molar-refractivity contribution in [2.75, 3.05) is 45.0 Å². The number of hydrogen-bond donors (Lipinski definition) is 5. The molecule has 37 heavy (non-hydrogen) atoms. The Bertz CT molecular complexity index is 1360. The number of ether oxygens (including phenoxy) is 1. The standard InChI is InChI=1S/C25H28N4O8/c1-28(2)13-7-12-21(37-8-14(30)27-12)16-10(13)5-9-6-11-18(29(3)4)20(32)17(24(26)35)23(34)25(11,36)22(33)15(9)19(16)31/h7,9,11,18,32-33,36H,5-6,8H2,1-4H3,(H2,26,35)(H,27,30)/t9-,11-,18-,25-/m0/s1. The van der Waals surface area contributed by atoms with E-state index in [0.717, 1.165) is 0 Å². The summed E-state index contributed by atoms with van der Waals surface area (Å²) in [6.45, 7) is -0.302. The molecule has 0 bridgehead atoms. The van der Waals surface area contributed by atoms with Crippen LogP contribution in [0.3, 0.4) is 0 Å². The summed E-state index contributed by atoms with van der Waals surface area (Å²) in [6, 6.07) is 0.688. The molecule has 4 atom stereocenters. The topological polar surface area (TPSA) is 183 Å². The molecule has 0 spiro atoms. The number of nitrogens with two attached hydrogens (primary N) is 1. The number of nitrogens with zero attached hydrogens (tertiary/aromatic N) is 2. The van der Waals surface area contributed by atoms with Gasteiger partial charge >= 0.3 is 0 Å². The number of aliphatic hydroxyl groups excluding tert-OH is 2. The largest absolute Gasteiger partial charge is 0.510 e. The molecule has 0 saturated heterocycles. The third-order valence-electron chi connectivity index (χ3n) is 7.78. The number of nitrogens with one attached hydrogen (secondary N) is 1. The zero-order valence-corrected chi connectivity index (χ0v) is 20.8. The van der Waals surface area contributed by atoms with Crippen molar-refractivity contribution in [3.05, 3.63) is 39.9 Å². The lowest BCUT2D eigenvalue weighted by Gasteiger charge is -2.50. The fourth-order valence-corrected chi connectivity index (χ4v) is 6.25. The lowest BCUT2D eigenvalue weighted by molar-refractivity contribution is -0.148. The van der Waals surface area contributed by atoms with E-state index in [1.807, 2.05) is 0 Å². The first-order valence-corrected chi connectivity index (χ1v) is 11.7. The summed E-state index contributed by atoms with van der Waals surface area (Å²) in [5.41, 5.74) is 3.45. The molecule has 0 unspecified atom stereocenters. The monoisotopic (exact) mass is 512 g/mol. The van der Waals surface area contributed by atoms with Crippen molar-refractivity contribution in [3.8, 4) is 5.75 Å². The lowest BCUT2D eigenvalue weighted by Crippen LogP contribution is -2.63. The van der Waals surface area contributed by atoms with E-state index in [-0.39, 0.29) is 42.2 Å². The molecular formula is C25H28N4O8. The number of primary amides is 1. The second kappa shape index (κ2) is 8.05. The van der Waals surface area contributed by atoms with Gasteiger partial charge < -0.3 is 36.0 Å². The molecular weight excluding hydrogens is 484 g/mol. The smallest absolute Gasteiger partial charge is 0.262 e. The normalized spacial score (nSPS) is 28.7. The molecule has 5 rings (SSSR count). The molecule has 2 amide bonds. The molecule has 4 aliphatic rings.